The Balaban J connectivity index is 2.67. The Morgan fingerprint density at radius 1 is 1.31 bits per heavy atom. The van der Waals surface area contributed by atoms with Crippen LogP contribution in [0.3, 0.4) is 0 Å². The molecule has 1 rings (SSSR count). The minimum absolute atomic E-state index is 0.0343. The maximum Gasteiger partial charge on any atom is 0.162 e. The summed E-state index contributed by atoms with van der Waals surface area (Å²) in [6.07, 6.45) is 2.14. The summed E-state index contributed by atoms with van der Waals surface area (Å²) in [6, 6.07) is 7.54. The van der Waals surface area contributed by atoms with Crippen molar-refractivity contribution in [3.05, 3.63) is 35.4 Å². The SMILES string of the molecule is CCC(Cl)c1ccc(C(=O)CCCCl)cc1. The summed E-state index contributed by atoms with van der Waals surface area (Å²) in [6.45, 7) is 2.04. The minimum Gasteiger partial charge on any atom is -0.294 e. The molecule has 0 aliphatic heterocycles. The van der Waals surface area contributed by atoms with Crippen molar-refractivity contribution in [1.29, 1.82) is 0 Å². The average Bonchev–Trinajstić information content (AvgIpc) is 2.35. The summed E-state index contributed by atoms with van der Waals surface area (Å²) >= 11 is 11.7. The third-order valence-corrected chi connectivity index (χ3v) is 3.32. The summed E-state index contributed by atoms with van der Waals surface area (Å²) in [5, 5.41) is 0.0343. The summed E-state index contributed by atoms with van der Waals surface area (Å²) in [5.41, 5.74) is 1.81. The third-order valence-electron chi connectivity index (χ3n) is 2.49. The van der Waals surface area contributed by atoms with Gasteiger partial charge in [-0.25, -0.2) is 0 Å². The van der Waals surface area contributed by atoms with E-state index in [1.54, 1.807) is 0 Å². The van der Waals surface area contributed by atoms with Gasteiger partial charge in [-0.15, -0.1) is 23.2 Å². The van der Waals surface area contributed by atoms with Crippen molar-refractivity contribution in [1.82, 2.24) is 0 Å². The van der Waals surface area contributed by atoms with Gasteiger partial charge in [-0.1, -0.05) is 31.2 Å². The molecule has 0 amide bonds. The second-order valence-corrected chi connectivity index (χ2v) is 4.62. The number of hydrogen-bond donors (Lipinski definition) is 0. The Hall–Kier alpha value is -0.530. The molecule has 1 atom stereocenters. The van der Waals surface area contributed by atoms with Crippen LogP contribution in [0.2, 0.25) is 0 Å². The molecular weight excluding hydrogens is 243 g/mol. The number of carbonyl (C=O) groups excluding carboxylic acids is 1. The first kappa shape index (κ1) is 13.5. The van der Waals surface area contributed by atoms with Gasteiger partial charge >= 0.3 is 0 Å². The number of ketones is 1. The van der Waals surface area contributed by atoms with E-state index in [4.69, 9.17) is 23.2 Å². The van der Waals surface area contributed by atoms with E-state index in [1.165, 1.54) is 0 Å². The van der Waals surface area contributed by atoms with Crippen LogP contribution in [0.15, 0.2) is 24.3 Å². The Bertz CT molecular complexity index is 332. The normalized spacial score (nSPS) is 12.4. The number of Topliss-reactive ketones (excluding diaryl/α,β-unsaturated/α-hetero) is 1. The molecule has 1 nitrogen and oxygen atoms in total. The van der Waals surface area contributed by atoms with Crippen molar-refractivity contribution < 1.29 is 4.79 Å². The topological polar surface area (TPSA) is 17.1 Å². The van der Waals surface area contributed by atoms with Crippen LogP contribution >= 0.6 is 23.2 Å². The van der Waals surface area contributed by atoms with Crippen LogP contribution in [0.1, 0.15) is 47.5 Å². The first-order valence-corrected chi connectivity index (χ1v) is 6.49. The molecule has 3 heteroatoms. The number of rotatable bonds is 6. The Morgan fingerprint density at radius 2 is 1.94 bits per heavy atom. The summed E-state index contributed by atoms with van der Waals surface area (Å²) < 4.78 is 0. The van der Waals surface area contributed by atoms with Gasteiger partial charge < -0.3 is 0 Å². The zero-order valence-electron chi connectivity index (χ0n) is 9.38. The highest BCUT2D eigenvalue weighted by molar-refractivity contribution is 6.20. The van der Waals surface area contributed by atoms with Gasteiger partial charge in [-0.05, 0) is 18.4 Å². The van der Waals surface area contributed by atoms with E-state index in [9.17, 15) is 4.79 Å². The van der Waals surface area contributed by atoms with Crippen LogP contribution in [0.5, 0.6) is 0 Å². The molecule has 0 radical (unpaired) electrons. The molecule has 0 saturated carbocycles. The Labute approximate surface area is 107 Å². The van der Waals surface area contributed by atoms with Gasteiger partial charge in [-0.3, -0.25) is 4.79 Å². The van der Waals surface area contributed by atoms with Crippen LogP contribution < -0.4 is 0 Å². The summed E-state index contributed by atoms with van der Waals surface area (Å²) in [5.74, 6) is 0.679. The number of halogens is 2. The molecule has 0 heterocycles. The van der Waals surface area contributed by atoms with Crippen molar-refractivity contribution in [2.45, 2.75) is 31.6 Å². The number of benzene rings is 1. The Morgan fingerprint density at radius 3 is 2.44 bits per heavy atom. The molecule has 1 aromatic carbocycles. The predicted octanol–water partition coefficient (Wildman–Crippen LogP) is 4.58. The fourth-order valence-corrected chi connectivity index (χ4v) is 1.76. The van der Waals surface area contributed by atoms with Gasteiger partial charge in [-0.2, -0.15) is 0 Å². The third kappa shape index (κ3) is 3.80. The fraction of sp³-hybridized carbons (Fsp3) is 0.462. The molecule has 0 bridgehead atoms. The predicted molar refractivity (Wildman–Crippen MR) is 69.6 cm³/mol. The van der Waals surface area contributed by atoms with E-state index in [0.29, 0.717) is 12.3 Å². The number of carbonyl (C=O) groups is 1. The number of alkyl halides is 2. The molecule has 0 aromatic heterocycles. The smallest absolute Gasteiger partial charge is 0.162 e. The van der Waals surface area contributed by atoms with Crippen molar-refractivity contribution in [2.24, 2.45) is 0 Å². The Kier molecular flexibility index (Phi) is 5.86. The highest BCUT2D eigenvalue weighted by Crippen LogP contribution is 2.24. The van der Waals surface area contributed by atoms with Crippen LogP contribution in [0, 0.1) is 0 Å². The van der Waals surface area contributed by atoms with Gasteiger partial charge in [0.15, 0.2) is 5.78 Å². The lowest BCUT2D eigenvalue weighted by atomic mass is 10.0. The van der Waals surface area contributed by atoms with Crippen molar-refractivity contribution in [3.63, 3.8) is 0 Å². The molecule has 0 N–H and O–H groups in total. The maximum atomic E-state index is 11.7. The highest BCUT2D eigenvalue weighted by atomic mass is 35.5. The lowest BCUT2D eigenvalue weighted by Crippen LogP contribution is -1.99. The molecule has 88 valence electrons. The van der Waals surface area contributed by atoms with Crippen molar-refractivity contribution in [3.8, 4) is 0 Å². The largest absolute Gasteiger partial charge is 0.294 e. The second-order valence-electron chi connectivity index (χ2n) is 3.71. The van der Waals surface area contributed by atoms with Crippen molar-refractivity contribution in [2.75, 3.05) is 5.88 Å². The van der Waals surface area contributed by atoms with E-state index in [2.05, 4.69) is 0 Å². The fourth-order valence-electron chi connectivity index (χ4n) is 1.49. The minimum atomic E-state index is 0.0343. The second kappa shape index (κ2) is 6.93. The van der Waals surface area contributed by atoms with Crippen LogP contribution in [-0.4, -0.2) is 11.7 Å². The molecule has 16 heavy (non-hydrogen) atoms. The first-order chi connectivity index (χ1) is 7.69. The lowest BCUT2D eigenvalue weighted by molar-refractivity contribution is 0.0982. The van der Waals surface area contributed by atoms with E-state index in [1.807, 2.05) is 31.2 Å². The van der Waals surface area contributed by atoms with Gasteiger partial charge in [0.25, 0.3) is 0 Å². The van der Waals surface area contributed by atoms with Crippen LogP contribution in [-0.2, 0) is 0 Å². The van der Waals surface area contributed by atoms with Crippen molar-refractivity contribution >= 4 is 29.0 Å². The quantitative estimate of drug-likeness (QED) is 0.540. The molecule has 0 spiro atoms. The standard InChI is InChI=1S/C13H16Cl2O/c1-2-12(15)10-5-7-11(8-6-10)13(16)4-3-9-14/h5-8,12H,2-4,9H2,1H3. The van der Waals surface area contributed by atoms with Crippen LogP contribution in [0.25, 0.3) is 0 Å². The zero-order chi connectivity index (χ0) is 12.0. The summed E-state index contributed by atoms with van der Waals surface area (Å²) in [4.78, 5) is 11.7. The van der Waals surface area contributed by atoms with E-state index in [-0.39, 0.29) is 11.2 Å². The molecule has 1 aromatic rings. The van der Waals surface area contributed by atoms with Gasteiger partial charge in [0.2, 0.25) is 0 Å². The van der Waals surface area contributed by atoms with Gasteiger partial charge in [0, 0.05) is 17.9 Å². The zero-order valence-corrected chi connectivity index (χ0v) is 10.9. The van der Waals surface area contributed by atoms with Gasteiger partial charge in [0.1, 0.15) is 0 Å². The highest BCUT2D eigenvalue weighted by Gasteiger charge is 2.08. The lowest BCUT2D eigenvalue weighted by Gasteiger charge is -2.07. The van der Waals surface area contributed by atoms with E-state index < -0.39 is 0 Å². The molecule has 0 aliphatic rings. The van der Waals surface area contributed by atoms with E-state index in [0.717, 1.165) is 24.0 Å². The molecule has 0 saturated heterocycles. The molecular formula is C13H16Cl2O. The van der Waals surface area contributed by atoms with E-state index >= 15 is 0 Å². The molecule has 1 unspecified atom stereocenters. The van der Waals surface area contributed by atoms with Crippen LogP contribution in [0.4, 0.5) is 0 Å². The molecule has 0 aliphatic carbocycles. The summed E-state index contributed by atoms with van der Waals surface area (Å²) in [7, 11) is 0. The first-order valence-electron chi connectivity index (χ1n) is 5.52. The average molecular weight is 259 g/mol. The van der Waals surface area contributed by atoms with Gasteiger partial charge in [0.05, 0.1) is 5.38 Å². The molecule has 0 fully saturated rings. The number of hydrogen-bond acceptors (Lipinski definition) is 1. The monoisotopic (exact) mass is 258 g/mol. The maximum absolute atomic E-state index is 11.7.